The number of hydrogen-bond acceptors (Lipinski definition) is 4. The average Bonchev–Trinajstić information content (AvgIpc) is 2.86. The first kappa shape index (κ1) is 17.7. The fraction of sp³-hybridized carbons (Fsp3) is 0.929. The van der Waals surface area contributed by atoms with Crippen LogP contribution in [0.4, 0.5) is 0 Å². The van der Waals surface area contributed by atoms with Crippen molar-refractivity contribution in [3.05, 3.63) is 0 Å². The minimum absolute atomic E-state index is 0. The van der Waals surface area contributed by atoms with Crippen LogP contribution in [0.15, 0.2) is 0 Å². The van der Waals surface area contributed by atoms with Crippen molar-refractivity contribution in [1.29, 1.82) is 0 Å². The molecule has 0 spiro atoms. The minimum atomic E-state index is -0.249. The summed E-state index contributed by atoms with van der Waals surface area (Å²) in [5, 5.41) is 15.5. The zero-order valence-corrected chi connectivity index (χ0v) is 13.0. The van der Waals surface area contributed by atoms with Gasteiger partial charge in [-0.2, -0.15) is 0 Å². The fourth-order valence-corrected chi connectivity index (χ4v) is 3.29. The Morgan fingerprint density at radius 3 is 2.75 bits per heavy atom. The largest absolute Gasteiger partial charge is 0.396 e. The van der Waals surface area contributed by atoms with Gasteiger partial charge < -0.3 is 20.5 Å². The summed E-state index contributed by atoms with van der Waals surface area (Å²) in [5.41, 5.74) is 0.114. The van der Waals surface area contributed by atoms with Crippen molar-refractivity contribution in [2.24, 2.45) is 5.41 Å². The monoisotopic (exact) mass is 306 g/mol. The summed E-state index contributed by atoms with van der Waals surface area (Å²) in [6.07, 6.45) is 5.34. The molecular weight excluding hydrogens is 280 g/mol. The Morgan fingerprint density at radius 1 is 1.45 bits per heavy atom. The first-order valence-electron chi connectivity index (χ1n) is 7.40. The Bertz CT molecular complexity index is 309. The quantitative estimate of drug-likeness (QED) is 0.704. The van der Waals surface area contributed by atoms with E-state index in [0.717, 1.165) is 25.8 Å². The van der Waals surface area contributed by atoms with Crippen molar-refractivity contribution in [2.45, 2.75) is 51.2 Å². The molecule has 5 nitrogen and oxygen atoms in total. The van der Waals surface area contributed by atoms with Crippen LogP contribution in [0.25, 0.3) is 0 Å². The lowest BCUT2D eigenvalue weighted by Gasteiger charge is -2.32. The smallest absolute Gasteiger partial charge is 0.239 e. The molecule has 2 fully saturated rings. The number of rotatable bonds is 5. The second-order valence-electron chi connectivity index (χ2n) is 5.91. The first-order valence-corrected chi connectivity index (χ1v) is 7.40. The van der Waals surface area contributed by atoms with Gasteiger partial charge in [0.25, 0.3) is 0 Å². The Hall–Kier alpha value is -0.360. The summed E-state index contributed by atoms with van der Waals surface area (Å²) < 4.78 is 5.49. The van der Waals surface area contributed by atoms with Gasteiger partial charge in [0.2, 0.25) is 5.91 Å². The first-order chi connectivity index (χ1) is 9.17. The van der Waals surface area contributed by atoms with Gasteiger partial charge in [-0.3, -0.25) is 4.79 Å². The van der Waals surface area contributed by atoms with Crippen LogP contribution in [0.2, 0.25) is 0 Å². The number of halogens is 1. The molecule has 6 heteroatoms. The van der Waals surface area contributed by atoms with Gasteiger partial charge in [-0.1, -0.05) is 12.8 Å². The van der Waals surface area contributed by atoms with E-state index < -0.39 is 0 Å². The molecule has 0 aromatic rings. The molecule has 1 saturated carbocycles. The number of amides is 1. The molecule has 1 heterocycles. The maximum Gasteiger partial charge on any atom is 0.239 e. The molecule has 0 aromatic heterocycles. The van der Waals surface area contributed by atoms with Gasteiger partial charge in [0.15, 0.2) is 0 Å². The standard InChI is InChI=1S/C14H26N2O3.ClH/c1-11-12(15-7-9-19-11)13(18)16-10-14(6-8-17)4-2-3-5-14;/h11-12,15,17H,2-10H2,1H3,(H,16,18);1H/t11-,12+;/m1./s1. The number of aliphatic hydroxyl groups excluding tert-OH is 1. The van der Waals surface area contributed by atoms with Gasteiger partial charge in [0.05, 0.1) is 12.7 Å². The van der Waals surface area contributed by atoms with E-state index in [0.29, 0.717) is 13.2 Å². The number of hydrogen-bond donors (Lipinski definition) is 3. The van der Waals surface area contributed by atoms with Gasteiger partial charge in [0.1, 0.15) is 6.04 Å². The molecule has 3 N–H and O–H groups in total. The number of aliphatic hydroxyl groups is 1. The molecule has 2 atom stereocenters. The third kappa shape index (κ3) is 4.32. The van der Waals surface area contributed by atoms with Gasteiger partial charge >= 0.3 is 0 Å². The van der Waals surface area contributed by atoms with E-state index in [1.54, 1.807) is 0 Å². The van der Waals surface area contributed by atoms with Crippen LogP contribution in [-0.4, -0.2) is 49.5 Å². The summed E-state index contributed by atoms with van der Waals surface area (Å²) in [6.45, 7) is 4.20. The summed E-state index contributed by atoms with van der Waals surface area (Å²) in [6, 6.07) is -0.249. The maximum atomic E-state index is 12.2. The van der Waals surface area contributed by atoms with Crippen molar-refractivity contribution in [3.63, 3.8) is 0 Å². The van der Waals surface area contributed by atoms with Crippen LogP contribution >= 0.6 is 12.4 Å². The normalized spacial score (nSPS) is 28.7. The molecule has 118 valence electrons. The zero-order chi connectivity index (χ0) is 13.7. The molecule has 2 rings (SSSR count). The lowest BCUT2D eigenvalue weighted by Crippen LogP contribution is -2.56. The highest BCUT2D eigenvalue weighted by Crippen LogP contribution is 2.40. The summed E-state index contributed by atoms with van der Waals surface area (Å²) in [4.78, 5) is 12.2. The summed E-state index contributed by atoms with van der Waals surface area (Å²) in [5.74, 6) is 0.0245. The lowest BCUT2D eigenvalue weighted by atomic mass is 9.83. The zero-order valence-electron chi connectivity index (χ0n) is 12.2. The molecule has 0 radical (unpaired) electrons. The Kier molecular flexibility index (Phi) is 7.23. The molecule has 1 amide bonds. The molecule has 0 aromatic carbocycles. The van der Waals surface area contributed by atoms with Crippen LogP contribution in [-0.2, 0) is 9.53 Å². The maximum absolute atomic E-state index is 12.2. The second kappa shape index (κ2) is 8.17. The van der Waals surface area contributed by atoms with E-state index >= 15 is 0 Å². The highest BCUT2D eigenvalue weighted by atomic mass is 35.5. The Morgan fingerprint density at radius 2 is 2.15 bits per heavy atom. The van der Waals surface area contributed by atoms with Crippen molar-refractivity contribution in [3.8, 4) is 0 Å². The SMILES string of the molecule is C[C@H]1OCCN[C@@H]1C(=O)NCC1(CCO)CCCC1.Cl. The Labute approximate surface area is 127 Å². The summed E-state index contributed by atoms with van der Waals surface area (Å²) >= 11 is 0. The number of carbonyl (C=O) groups is 1. The van der Waals surface area contributed by atoms with Crippen LogP contribution in [0, 0.1) is 5.41 Å². The van der Waals surface area contributed by atoms with Crippen LogP contribution in [0.1, 0.15) is 39.0 Å². The number of nitrogens with one attached hydrogen (secondary N) is 2. The number of morpholine rings is 1. The molecule has 0 unspecified atom stereocenters. The van der Waals surface area contributed by atoms with Crippen LogP contribution in [0.5, 0.6) is 0 Å². The second-order valence-corrected chi connectivity index (χ2v) is 5.91. The topological polar surface area (TPSA) is 70.6 Å². The molecule has 0 bridgehead atoms. The third-order valence-corrected chi connectivity index (χ3v) is 4.54. The molecular formula is C14H27ClN2O3. The van der Waals surface area contributed by atoms with Crippen LogP contribution < -0.4 is 10.6 Å². The predicted molar refractivity (Wildman–Crippen MR) is 80.1 cm³/mol. The Balaban J connectivity index is 0.00000200. The highest BCUT2D eigenvalue weighted by molar-refractivity contribution is 5.85. The molecule has 1 saturated heterocycles. The van der Waals surface area contributed by atoms with Crippen molar-refractivity contribution in [2.75, 3.05) is 26.3 Å². The van der Waals surface area contributed by atoms with E-state index in [1.807, 2.05) is 6.92 Å². The third-order valence-electron chi connectivity index (χ3n) is 4.54. The van der Waals surface area contributed by atoms with E-state index in [9.17, 15) is 9.90 Å². The van der Waals surface area contributed by atoms with E-state index in [4.69, 9.17) is 4.74 Å². The van der Waals surface area contributed by atoms with Gasteiger partial charge in [-0.15, -0.1) is 12.4 Å². The fourth-order valence-electron chi connectivity index (χ4n) is 3.29. The number of ether oxygens (including phenoxy) is 1. The van der Waals surface area contributed by atoms with Gasteiger partial charge in [0, 0.05) is 19.7 Å². The number of carbonyl (C=O) groups excluding carboxylic acids is 1. The highest BCUT2D eigenvalue weighted by Gasteiger charge is 2.35. The predicted octanol–water partition coefficient (Wildman–Crippen LogP) is 0.844. The van der Waals surface area contributed by atoms with Gasteiger partial charge in [-0.25, -0.2) is 0 Å². The molecule has 1 aliphatic carbocycles. The van der Waals surface area contributed by atoms with Crippen molar-refractivity contribution >= 4 is 18.3 Å². The molecule has 2 aliphatic rings. The molecule has 1 aliphatic heterocycles. The van der Waals surface area contributed by atoms with E-state index in [1.165, 1.54) is 12.8 Å². The average molecular weight is 307 g/mol. The van der Waals surface area contributed by atoms with E-state index in [2.05, 4.69) is 10.6 Å². The van der Waals surface area contributed by atoms with Crippen molar-refractivity contribution in [1.82, 2.24) is 10.6 Å². The lowest BCUT2D eigenvalue weighted by molar-refractivity contribution is -0.129. The van der Waals surface area contributed by atoms with Crippen molar-refractivity contribution < 1.29 is 14.6 Å². The minimum Gasteiger partial charge on any atom is -0.396 e. The van der Waals surface area contributed by atoms with E-state index in [-0.39, 0.29) is 42.5 Å². The van der Waals surface area contributed by atoms with Crippen LogP contribution in [0.3, 0.4) is 0 Å². The summed E-state index contributed by atoms with van der Waals surface area (Å²) in [7, 11) is 0. The van der Waals surface area contributed by atoms with Gasteiger partial charge in [-0.05, 0) is 31.6 Å². The molecule has 20 heavy (non-hydrogen) atoms.